The van der Waals surface area contributed by atoms with E-state index in [0.717, 1.165) is 22.6 Å². The SMILES string of the molecule is CCc1ccccc1NC(=O)c1cccc(S)c1. The number of benzene rings is 2. The Labute approximate surface area is 112 Å². The van der Waals surface area contributed by atoms with Gasteiger partial charge in [0, 0.05) is 16.1 Å². The fraction of sp³-hybridized carbons (Fsp3) is 0.133. The fourth-order valence-corrected chi connectivity index (χ4v) is 2.02. The van der Waals surface area contributed by atoms with Gasteiger partial charge in [-0.2, -0.15) is 0 Å². The molecule has 2 nitrogen and oxygen atoms in total. The Morgan fingerprint density at radius 2 is 1.94 bits per heavy atom. The maximum absolute atomic E-state index is 12.1. The first-order valence-electron chi connectivity index (χ1n) is 5.89. The summed E-state index contributed by atoms with van der Waals surface area (Å²) in [5, 5.41) is 2.93. The first kappa shape index (κ1) is 12.7. The Bertz CT molecular complexity index is 566. The Morgan fingerprint density at radius 1 is 1.17 bits per heavy atom. The molecule has 0 heterocycles. The smallest absolute Gasteiger partial charge is 0.255 e. The van der Waals surface area contributed by atoms with Crippen molar-refractivity contribution in [2.75, 3.05) is 5.32 Å². The quantitative estimate of drug-likeness (QED) is 0.805. The lowest BCUT2D eigenvalue weighted by molar-refractivity contribution is 0.102. The number of amides is 1. The summed E-state index contributed by atoms with van der Waals surface area (Å²) in [6, 6.07) is 15.0. The minimum Gasteiger partial charge on any atom is -0.322 e. The molecule has 0 unspecified atom stereocenters. The van der Waals surface area contributed by atoms with Gasteiger partial charge in [-0.15, -0.1) is 12.6 Å². The van der Waals surface area contributed by atoms with Gasteiger partial charge in [-0.3, -0.25) is 4.79 Å². The van der Waals surface area contributed by atoms with Crippen molar-refractivity contribution in [3.05, 3.63) is 59.7 Å². The maximum atomic E-state index is 12.1. The zero-order valence-corrected chi connectivity index (χ0v) is 11.1. The summed E-state index contributed by atoms with van der Waals surface area (Å²) in [5.41, 5.74) is 2.62. The molecule has 0 fully saturated rings. The first-order chi connectivity index (χ1) is 8.70. The van der Waals surface area contributed by atoms with E-state index in [1.54, 1.807) is 12.1 Å². The summed E-state index contributed by atoms with van der Waals surface area (Å²) in [6.07, 6.45) is 0.892. The average Bonchev–Trinajstić information content (AvgIpc) is 2.39. The molecule has 92 valence electrons. The molecule has 0 saturated heterocycles. The van der Waals surface area contributed by atoms with Gasteiger partial charge in [-0.05, 0) is 36.2 Å². The number of para-hydroxylation sites is 1. The van der Waals surface area contributed by atoms with Crippen LogP contribution in [0.3, 0.4) is 0 Å². The van der Waals surface area contributed by atoms with Crippen LogP contribution in [0.2, 0.25) is 0 Å². The molecule has 0 atom stereocenters. The third kappa shape index (κ3) is 2.93. The lowest BCUT2D eigenvalue weighted by atomic mass is 10.1. The molecule has 0 bridgehead atoms. The van der Waals surface area contributed by atoms with Crippen LogP contribution in [-0.2, 0) is 6.42 Å². The van der Waals surface area contributed by atoms with Crippen molar-refractivity contribution in [2.24, 2.45) is 0 Å². The van der Waals surface area contributed by atoms with Crippen LogP contribution in [0.1, 0.15) is 22.8 Å². The number of hydrogen-bond donors (Lipinski definition) is 2. The van der Waals surface area contributed by atoms with Crippen LogP contribution in [0.15, 0.2) is 53.4 Å². The predicted molar refractivity (Wildman–Crippen MR) is 77.5 cm³/mol. The van der Waals surface area contributed by atoms with Gasteiger partial charge in [0.05, 0.1) is 0 Å². The van der Waals surface area contributed by atoms with Gasteiger partial charge in [0.25, 0.3) is 5.91 Å². The second-order valence-electron chi connectivity index (χ2n) is 4.02. The van der Waals surface area contributed by atoms with Crippen molar-refractivity contribution in [1.82, 2.24) is 0 Å². The molecule has 0 saturated carbocycles. The van der Waals surface area contributed by atoms with Crippen LogP contribution in [0.5, 0.6) is 0 Å². The third-order valence-corrected chi connectivity index (χ3v) is 3.03. The monoisotopic (exact) mass is 257 g/mol. The van der Waals surface area contributed by atoms with E-state index in [2.05, 4.69) is 24.9 Å². The molecule has 2 aromatic rings. The predicted octanol–water partition coefficient (Wildman–Crippen LogP) is 3.79. The fourth-order valence-electron chi connectivity index (χ4n) is 1.79. The molecule has 2 aromatic carbocycles. The van der Waals surface area contributed by atoms with E-state index in [1.165, 1.54) is 0 Å². The van der Waals surface area contributed by atoms with E-state index in [9.17, 15) is 4.79 Å². The number of nitrogens with one attached hydrogen (secondary N) is 1. The van der Waals surface area contributed by atoms with E-state index >= 15 is 0 Å². The van der Waals surface area contributed by atoms with Crippen molar-refractivity contribution in [2.45, 2.75) is 18.2 Å². The zero-order chi connectivity index (χ0) is 13.0. The van der Waals surface area contributed by atoms with E-state index in [1.807, 2.05) is 36.4 Å². The molecule has 0 spiro atoms. The van der Waals surface area contributed by atoms with Gasteiger partial charge in [-0.1, -0.05) is 31.2 Å². The van der Waals surface area contributed by atoms with Crippen LogP contribution in [0, 0.1) is 0 Å². The molecular weight excluding hydrogens is 242 g/mol. The lowest BCUT2D eigenvalue weighted by Crippen LogP contribution is -2.13. The molecule has 1 amide bonds. The lowest BCUT2D eigenvalue weighted by Gasteiger charge is -2.09. The van der Waals surface area contributed by atoms with Gasteiger partial charge < -0.3 is 5.32 Å². The van der Waals surface area contributed by atoms with E-state index < -0.39 is 0 Å². The second-order valence-corrected chi connectivity index (χ2v) is 4.53. The summed E-state index contributed by atoms with van der Waals surface area (Å²) in [5.74, 6) is -0.105. The van der Waals surface area contributed by atoms with E-state index in [-0.39, 0.29) is 5.91 Å². The number of aryl methyl sites for hydroxylation is 1. The molecular formula is C15H15NOS. The summed E-state index contributed by atoms with van der Waals surface area (Å²) < 4.78 is 0. The number of carbonyl (C=O) groups is 1. The Hall–Kier alpha value is -1.74. The summed E-state index contributed by atoms with van der Waals surface area (Å²) >= 11 is 4.23. The highest BCUT2D eigenvalue weighted by molar-refractivity contribution is 7.80. The summed E-state index contributed by atoms with van der Waals surface area (Å²) in [4.78, 5) is 12.9. The van der Waals surface area contributed by atoms with Crippen molar-refractivity contribution in [3.8, 4) is 0 Å². The van der Waals surface area contributed by atoms with Crippen molar-refractivity contribution < 1.29 is 4.79 Å². The molecule has 3 heteroatoms. The van der Waals surface area contributed by atoms with Crippen LogP contribution < -0.4 is 5.32 Å². The average molecular weight is 257 g/mol. The van der Waals surface area contributed by atoms with Crippen molar-refractivity contribution >= 4 is 24.2 Å². The summed E-state index contributed by atoms with van der Waals surface area (Å²) in [6.45, 7) is 2.07. The van der Waals surface area contributed by atoms with E-state index in [0.29, 0.717) is 5.56 Å². The largest absolute Gasteiger partial charge is 0.322 e. The Morgan fingerprint density at radius 3 is 2.67 bits per heavy atom. The number of thiol groups is 1. The molecule has 0 aliphatic rings. The highest BCUT2D eigenvalue weighted by atomic mass is 32.1. The van der Waals surface area contributed by atoms with E-state index in [4.69, 9.17) is 0 Å². The van der Waals surface area contributed by atoms with Crippen LogP contribution in [-0.4, -0.2) is 5.91 Å². The van der Waals surface area contributed by atoms with Gasteiger partial charge in [0.15, 0.2) is 0 Å². The summed E-state index contributed by atoms with van der Waals surface area (Å²) in [7, 11) is 0. The maximum Gasteiger partial charge on any atom is 0.255 e. The zero-order valence-electron chi connectivity index (χ0n) is 10.2. The number of anilines is 1. The normalized spacial score (nSPS) is 10.1. The van der Waals surface area contributed by atoms with Crippen molar-refractivity contribution in [3.63, 3.8) is 0 Å². The highest BCUT2D eigenvalue weighted by Gasteiger charge is 2.08. The number of rotatable bonds is 3. The third-order valence-electron chi connectivity index (χ3n) is 2.75. The van der Waals surface area contributed by atoms with Crippen LogP contribution >= 0.6 is 12.6 Å². The highest BCUT2D eigenvalue weighted by Crippen LogP contribution is 2.17. The molecule has 18 heavy (non-hydrogen) atoms. The topological polar surface area (TPSA) is 29.1 Å². The molecule has 2 rings (SSSR count). The molecule has 0 aromatic heterocycles. The second kappa shape index (κ2) is 5.74. The Balaban J connectivity index is 2.21. The molecule has 0 radical (unpaired) electrons. The molecule has 1 N–H and O–H groups in total. The van der Waals surface area contributed by atoms with Crippen LogP contribution in [0.25, 0.3) is 0 Å². The van der Waals surface area contributed by atoms with Gasteiger partial charge >= 0.3 is 0 Å². The van der Waals surface area contributed by atoms with Gasteiger partial charge in [0.2, 0.25) is 0 Å². The van der Waals surface area contributed by atoms with Crippen LogP contribution in [0.4, 0.5) is 5.69 Å². The minimum atomic E-state index is -0.105. The minimum absolute atomic E-state index is 0.105. The molecule has 0 aliphatic heterocycles. The van der Waals surface area contributed by atoms with Gasteiger partial charge in [-0.25, -0.2) is 0 Å². The van der Waals surface area contributed by atoms with Crippen molar-refractivity contribution in [1.29, 1.82) is 0 Å². The number of carbonyl (C=O) groups excluding carboxylic acids is 1. The first-order valence-corrected chi connectivity index (χ1v) is 6.33. The Kier molecular flexibility index (Phi) is 4.05. The molecule has 0 aliphatic carbocycles. The number of hydrogen-bond acceptors (Lipinski definition) is 2. The van der Waals surface area contributed by atoms with Gasteiger partial charge in [0.1, 0.15) is 0 Å². The standard InChI is InChI=1S/C15H15NOS/c1-2-11-6-3-4-9-14(11)16-15(17)12-7-5-8-13(18)10-12/h3-10,18H,2H2,1H3,(H,16,17).